The molecule has 126 valence electrons. The first-order valence-corrected chi connectivity index (χ1v) is 10.7. The number of fused-ring (bicyclic) bond motifs is 1. The van der Waals surface area contributed by atoms with Gasteiger partial charge in [0.1, 0.15) is 12.2 Å². The minimum atomic E-state index is -1.92. The average molecular weight is 328 g/mol. The smallest absolute Gasteiger partial charge is 0.330 e. The number of esters is 1. The molecule has 2 aliphatic rings. The molecule has 0 amide bonds. The molecule has 2 rings (SSSR count). The quantitative estimate of drug-likeness (QED) is 0.589. The fourth-order valence-corrected chi connectivity index (χ4v) is 3.33. The topological polar surface area (TPSA) is 54.0 Å². The van der Waals surface area contributed by atoms with Crippen LogP contribution in [0, 0.1) is 0 Å². The fraction of sp³-hybridized carbons (Fsp3) is 0.812. The predicted molar refractivity (Wildman–Crippen MR) is 86.0 cm³/mol. The molecule has 0 saturated carbocycles. The van der Waals surface area contributed by atoms with E-state index in [-0.39, 0.29) is 23.2 Å². The van der Waals surface area contributed by atoms with Crippen LogP contribution in [0.1, 0.15) is 34.6 Å². The Kier molecular flexibility index (Phi) is 4.61. The van der Waals surface area contributed by atoms with Crippen molar-refractivity contribution in [1.29, 1.82) is 0 Å². The van der Waals surface area contributed by atoms with Gasteiger partial charge in [-0.2, -0.15) is 0 Å². The summed E-state index contributed by atoms with van der Waals surface area (Å²) in [6.07, 6.45) is 2.06. The zero-order chi connectivity index (χ0) is 16.8. The highest BCUT2D eigenvalue weighted by molar-refractivity contribution is 6.74. The Bertz CT molecular complexity index is 464. The highest BCUT2D eigenvalue weighted by Gasteiger charge is 2.48. The van der Waals surface area contributed by atoms with Crippen LogP contribution in [0.25, 0.3) is 0 Å². The van der Waals surface area contributed by atoms with E-state index in [0.717, 1.165) is 0 Å². The van der Waals surface area contributed by atoms with Gasteiger partial charge in [-0.05, 0) is 38.1 Å². The van der Waals surface area contributed by atoms with Crippen molar-refractivity contribution in [1.82, 2.24) is 0 Å². The Morgan fingerprint density at radius 2 is 1.91 bits per heavy atom. The van der Waals surface area contributed by atoms with Crippen LogP contribution in [-0.2, 0) is 23.4 Å². The minimum absolute atomic E-state index is 0.103. The lowest BCUT2D eigenvalue weighted by atomic mass is 10.1. The van der Waals surface area contributed by atoms with Crippen molar-refractivity contribution < 1.29 is 23.4 Å². The van der Waals surface area contributed by atoms with Gasteiger partial charge in [0.15, 0.2) is 20.2 Å². The van der Waals surface area contributed by atoms with Gasteiger partial charge in [0.25, 0.3) is 0 Å². The summed E-state index contributed by atoms with van der Waals surface area (Å²) in [7, 11) is -1.92. The van der Waals surface area contributed by atoms with Crippen molar-refractivity contribution in [3.63, 3.8) is 0 Å². The van der Waals surface area contributed by atoms with E-state index in [9.17, 15) is 4.79 Å². The van der Waals surface area contributed by atoms with E-state index in [1.807, 2.05) is 13.8 Å². The molecule has 1 saturated heterocycles. The lowest BCUT2D eigenvalue weighted by Gasteiger charge is -2.37. The predicted octanol–water partition coefficient (Wildman–Crippen LogP) is 3.01. The number of cyclic esters (lactones) is 1. The maximum absolute atomic E-state index is 11.7. The molecule has 0 radical (unpaired) electrons. The zero-order valence-corrected chi connectivity index (χ0v) is 15.6. The summed E-state index contributed by atoms with van der Waals surface area (Å²) in [6, 6.07) is 0. The number of hydrogen-bond donors (Lipinski definition) is 0. The molecule has 1 unspecified atom stereocenters. The summed E-state index contributed by atoms with van der Waals surface area (Å²) in [5.74, 6) is -1.05. The molecule has 0 aromatic carbocycles. The molecular formula is C16H28O5Si. The molecule has 0 spiro atoms. The van der Waals surface area contributed by atoms with E-state index in [1.165, 1.54) is 6.08 Å². The summed E-state index contributed by atoms with van der Waals surface area (Å²) < 4.78 is 23.5. The van der Waals surface area contributed by atoms with Crippen molar-refractivity contribution in [3.8, 4) is 0 Å². The van der Waals surface area contributed by atoms with Gasteiger partial charge in [-0.25, -0.2) is 4.79 Å². The standard InChI is InChI=1S/C16H28O5Si/c1-15(2,3)22(6,7)18-10-12-14-11(8-9-13(17)19-12)20-16(4,5)21-14/h8-9,11-12,14H,10H2,1-7H3/t11-,12?,14-/m1/s1. The maximum Gasteiger partial charge on any atom is 0.330 e. The SMILES string of the molecule is CC1(C)O[C@@H]2C=CC(=O)OC(CO[Si](C)(C)C(C)(C)C)[C@@H]2O1. The molecule has 5 nitrogen and oxygen atoms in total. The monoisotopic (exact) mass is 328 g/mol. The number of rotatable bonds is 3. The fourth-order valence-electron chi connectivity index (χ4n) is 2.32. The van der Waals surface area contributed by atoms with Crippen LogP contribution < -0.4 is 0 Å². The van der Waals surface area contributed by atoms with Gasteiger partial charge in [-0.3, -0.25) is 0 Å². The van der Waals surface area contributed by atoms with E-state index in [0.29, 0.717) is 6.61 Å². The molecule has 6 heteroatoms. The maximum atomic E-state index is 11.7. The Hall–Kier alpha value is -0.693. The Labute approximate surface area is 134 Å². The highest BCUT2D eigenvalue weighted by atomic mass is 28.4. The number of carbonyl (C=O) groups excluding carboxylic acids is 1. The third-order valence-electron chi connectivity index (χ3n) is 4.63. The lowest BCUT2D eigenvalue weighted by Crippen LogP contribution is -2.46. The normalized spacial score (nSPS) is 31.6. The van der Waals surface area contributed by atoms with Crippen LogP contribution in [0.2, 0.25) is 18.1 Å². The van der Waals surface area contributed by atoms with Gasteiger partial charge >= 0.3 is 5.97 Å². The molecule has 0 N–H and O–H groups in total. The van der Waals surface area contributed by atoms with Gasteiger partial charge in [-0.1, -0.05) is 20.8 Å². The lowest BCUT2D eigenvalue weighted by molar-refractivity contribution is -0.171. The molecule has 0 aromatic heterocycles. The Balaban J connectivity index is 2.10. The highest BCUT2D eigenvalue weighted by Crippen LogP contribution is 2.38. The van der Waals surface area contributed by atoms with E-state index < -0.39 is 20.2 Å². The molecule has 22 heavy (non-hydrogen) atoms. The second kappa shape index (κ2) is 5.74. The number of hydrogen-bond acceptors (Lipinski definition) is 5. The molecule has 1 fully saturated rings. The van der Waals surface area contributed by atoms with Gasteiger partial charge < -0.3 is 18.6 Å². The van der Waals surface area contributed by atoms with Crippen LogP contribution in [-0.4, -0.2) is 45.0 Å². The van der Waals surface area contributed by atoms with Crippen molar-refractivity contribution in [2.45, 2.75) is 76.8 Å². The van der Waals surface area contributed by atoms with E-state index in [1.54, 1.807) is 6.08 Å². The van der Waals surface area contributed by atoms with E-state index in [4.69, 9.17) is 18.6 Å². The van der Waals surface area contributed by atoms with Crippen LogP contribution in [0.3, 0.4) is 0 Å². The average Bonchev–Trinajstić information content (AvgIpc) is 2.58. The van der Waals surface area contributed by atoms with Crippen LogP contribution in [0.15, 0.2) is 12.2 Å². The summed E-state index contributed by atoms with van der Waals surface area (Å²) >= 11 is 0. The molecule has 0 aromatic rings. The Morgan fingerprint density at radius 1 is 1.27 bits per heavy atom. The Morgan fingerprint density at radius 3 is 2.50 bits per heavy atom. The molecular weight excluding hydrogens is 300 g/mol. The third kappa shape index (κ3) is 3.79. The van der Waals surface area contributed by atoms with Gasteiger partial charge in [0, 0.05) is 6.08 Å². The third-order valence-corrected chi connectivity index (χ3v) is 9.13. The zero-order valence-electron chi connectivity index (χ0n) is 14.6. The first kappa shape index (κ1) is 17.7. The summed E-state index contributed by atoms with van der Waals surface area (Å²) in [4.78, 5) is 11.7. The summed E-state index contributed by atoms with van der Waals surface area (Å²) in [5, 5.41) is 0.103. The van der Waals surface area contributed by atoms with Crippen molar-refractivity contribution in [2.24, 2.45) is 0 Å². The molecule has 2 aliphatic heterocycles. The molecule has 0 aliphatic carbocycles. The second-order valence-corrected chi connectivity index (χ2v) is 12.8. The summed E-state index contributed by atoms with van der Waals surface area (Å²) in [6.45, 7) is 15.0. The first-order valence-electron chi connectivity index (χ1n) is 7.80. The number of ether oxygens (including phenoxy) is 3. The molecule has 3 atom stereocenters. The van der Waals surface area contributed by atoms with Crippen LogP contribution in [0.4, 0.5) is 0 Å². The van der Waals surface area contributed by atoms with Gasteiger partial charge in [0.05, 0.1) is 6.61 Å². The first-order chi connectivity index (χ1) is 9.91. The van der Waals surface area contributed by atoms with E-state index >= 15 is 0 Å². The van der Waals surface area contributed by atoms with Crippen molar-refractivity contribution >= 4 is 14.3 Å². The van der Waals surface area contributed by atoms with Crippen molar-refractivity contribution in [3.05, 3.63) is 12.2 Å². The van der Waals surface area contributed by atoms with Crippen molar-refractivity contribution in [2.75, 3.05) is 6.61 Å². The largest absolute Gasteiger partial charge is 0.454 e. The van der Waals surface area contributed by atoms with Gasteiger partial charge in [-0.15, -0.1) is 0 Å². The van der Waals surface area contributed by atoms with Gasteiger partial charge in [0.2, 0.25) is 0 Å². The van der Waals surface area contributed by atoms with Crippen LogP contribution in [0.5, 0.6) is 0 Å². The van der Waals surface area contributed by atoms with Crippen LogP contribution >= 0.6 is 0 Å². The summed E-state index contributed by atoms with van der Waals surface area (Å²) in [5.41, 5.74) is 0. The van der Waals surface area contributed by atoms with E-state index in [2.05, 4.69) is 33.9 Å². The second-order valence-electron chi connectivity index (χ2n) is 7.97. The molecule has 0 bridgehead atoms. The number of carbonyl (C=O) groups is 1. The minimum Gasteiger partial charge on any atom is -0.454 e. The molecule has 2 heterocycles.